The van der Waals surface area contributed by atoms with Gasteiger partial charge in [-0.3, -0.25) is 4.79 Å². The number of amides is 1. The van der Waals surface area contributed by atoms with Crippen molar-refractivity contribution in [2.75, 3.05) is 18.5 Å². The molecule has 0 aromatic heterocycles. The second-order valence-electron chi connectivity index (χ2n) is 4.39. The highest BCUT2D eigenvalue weighted by Crippen LogP contribution is 2.15. The van der Waals surface area contributed by atoms with Gasteiger partial charge in [0.15, 0.2) is 0 Å². The summed E-state index contributed by atoms with van der Waals surface area (Å²) in [7, 11) is 0. The van der Waals surface area contributed by atoms with E-state index >= 15 is 0 Å². The summed E-state index contributed by atoms with van der Waals surface area (Å²) >= 11 is 0. The van der Waals surface area contributed by atoms with Gasteiger partial charge < -0.3 is 15.4 Å². The molecule has 0 aliphatic rings. The van der Waals surface area contributed by atoms with Gasteiger partial charge in [-0.15, -0.1) is 0 Å². The first-order valence-electron chi connectivity index (χ1n) is 6.95. The molecule has 0 aliphatic carbocycles. The molecule has 19 heavy (non-hydrogen) atoms. The lowest BCUT2D eigenvalue weighted by Crippen LogP contribution is -2.37. The third-order valence-corrected chi connectivity index (χ3v) is 2.97. The van der Waals surface area contributed by atoms with E-state index in [9.17, 15) is 4.79 Å². The summed E-state index contributed by atoms with van der Waals surface area (Å²) < 4.78 is 5.36. The van der Waals surface area contributed by atoms with E-state index in [-0.39, 0.29) is 11.9 Å². The van der Waals surface area contributed by atoms with Crippen molar-refractivity contribution in [3.63, 3.8) is 0 Å². The molecule has 4 heteroatoms. The first-order valence-corrected chi connectivity index (χ1v) is 6.95. The molecule has 0 bridgehead atoms. The van der Waals surface area contributed by atoms with Gasteiger partial charge in [0.2, 0.25) is 5.91 Å². The number of carbonyl (C=O) groups excluding carboxylic acids is 1. The quantitative estimate of drug-likeness (QED) is 0.759. The molecular weight excluding hydrogens is 240 g/mol. The van der Waals surface area contributed by atoms with Crippen LogP contribution in [0.25, 0.3) is 0 Å². The first kappa shape index (κ1) is 15.3. The lowest BCUT2D eigenvalue weighted by molar-refractivity contribution is -0.120. The smallest absolute Gasteiger partial charge is 0.239 e. The lowest BCUT2D eigenvalue weighted by Gasteiger charge is -2.15. The fraction of sp³-hybridized carbons (Fsp3) is 0.533. The molecule has 0 fully saturated rings. The molecule has 0 atom stereocenters. The molecule has 0 saturated heterocycles. The minimum Gasteiger partial charge on any atom is -0.494 e. The summed E-state index contributed by atoms with van der Waals surface area (Å²) in [6.45, 7) is 7.06. The Labute approximate surface area is 115 Å². The summed E-state index contributed by atoms with van der Waals surface area (Å²) in [5.41, 5.74) is 0.920. The number of ether oxygens (including phenoxy) is 1. The molecule has 1 rings (SSSR count). The van der Waals surface area contributed by atoms with E-state index in [1.807, 2.05) is 31.2 Å². The third kappa shape index (κ3) is 5.64. The Morgan fingerprint density at radius 2 is 1.79 bits per heavy atom. The number of hydrogen-bond donors (Lipinski definition) is 2. The number of nitrogens with one attached hydrogen (secondary N) is 2. The molecule has 0 unspecified atom stereocenters. The molecule has 0 radical (unpaired) electrons. The maximum absolute atomic E-state index is 11.7. The van der Waals surface area contributed by atoms with Gasteiger partial charge in [0.1, 0.15) is 5.75 Å². The Morgan fingerprint density at radius 1 is 1.16 bits per heavy atom. The van der Waals surface area contributed by atoms with Crippen LogP contribution in [0.4, 0.5) is 5.69 Å². The topological polar surface area (TPSA) is 50.4 Å². The molecule has 0 spiro atoms. The summed E-state index contributed by atoms with van der Waals surface area (Å²) in [6.07, 6.45) is 1.93. The lowest BCUT2D eigenvalue weighted by atomic mass is 10.2. The zero-order chi connectivity index (χ0) is 14.1. The molecule has 1 aromatic carbocycles. The van der Waals surface area contributed by atoms with E-state index in [0.29, 0.717) is 13.2 Å². The molecule has 0 heterocycles. The predicted octanol–water partition coefficient (Wildman–Crippen LogP) is 2.80. The summed E-state index contributed by atoms with van der Waals surface area (Å²) in [5.74, 6) is 0.872. The van der Waals surface area contributed by atoms with Crippen molar-refractivity contribution in [3.8, 4) is 5.75 Å². The van der Waals surface area contributed by atoms with Crippen LogP contribution in [0.1, 0.15) is 33.6 Å². The largest absolute Gasteiger partial charge is 0.494 e. The molecule has 1 amide bonds. The molecule has 2 N–H and O–H groups in total. The second kappa shape index (κ2) is 8.40. The number of rotatable bonds is 8. The Kier molecular flexibility index (Phi) is 6.79. The van der Waals surface area contributed by atoms with Crippen LogP contribution in [0.5, 0.6) is 5.75 Å². The van der Waals surface area contributed by atoms with Crippen LogP contribution in [0.2, 0.25) is 0 Å². The predicted molar refractivity (Wildman–Crippen MR) is 78.6 cm³/mol. The highest BCUT2D eigenvalue weighted by atomic mass is 16.5. The van der Waals surface area contributed by atoms with Gasteiger partial charge in [-0.2, -0.15) is 0 Å². The van der Waals surface area contributed by atoms with E-state index in [1.165, 1.54) is 0 Å². The van der Waals surface area contributed by atoms with Gasteiger partial charge in [-0.05, 0) is 44.0 Å². The third-order valence-electron chi connectivity index (χ3n) is 2.97. The molecule has 106 valence electrons. The van der Waals surface area contributed by atoms with E-state index in [4.69, 9.17) is 4.74 Å². The summed E-state index contributed by atoms with van der Waals surface area (Å²) in [6, 6.07) is 7.88. The van der Waals surface area contributed by atoms with Crippen molar-refractivity contribution in [2.24, 2.45) is 0 Å². The highest BCUT2D eigenvalue weighted by molar-refractivity contribution is 5.80. The Morgan fingerprint density at radius 3 is 2.32 bits per heavy atom. The Bertz CT molecular complexity index is 372. The number of hydrogen-bond acceptors (Lipinski definition) is 3. The minimum atomic E-state index is 0.0302. The monoisotopic (exact) mass is 264 g/mol. The van der Waals surface area contributed by atoms with Crippen molar-refractivity contribution in [2.45, 2.75) is 39.7 Å². The van der Waals surface area contributed by atoms with Crippen LogP contribution in [0, 0.1) is 0 Å². The zero-order valence-electron chi connectivity index (χ0n) is 12.0. The number of carbonyl (C=O) groups is 1. The van der Waals surface area contributed by atoms with Crippen molar-refractivity contribution in [3.05, 3.63) is 24.3 Å². The molecular formula is C15H24N2O2. The summed E-state index contributed by atoms with van der Waals surface area (Å²) in [4.78, 5) is 11.7. The van der Waals surface area contributed by atoms with E-state index in [0.717, 1.165) is 24.3 Å². The van der Waals surface area contributed by atoms with Gasteiger partial charge in [0.05, 0.1) is 13.2 Å². The second-order valence-corrected chi connectivity index (χ2v) is 4.39. The number of benzene rings is 1. The summed E-state index contributed by atoms with van der Waals surface area (Å²) in [5, 5.41) is 6.09. The van der Waals surface area contributed by atoms with Crippen molar-refractivity contribution in [1.82, 2.24) is 5.32 Å². The zero-order valence-corrected chi connectivity index (χ0v) is 12.0. The van der Waals surface area contributed by atoms with Crippen LogP contribution in [-0.4, -0.2) is 25.1 Å². The molecule has 1 aromatic rings. The normalized spacial score (nSPS) is 10.3. The molecule has 0 saturated carbocycles. The minimum absolute atomic E-state index is 0.0302. The van der Waals surface area contributed by atoms with Gasteiger partial charge in [-0.1, -0.05) is 13.8 Å². The van der Waals surface area contributed by atoms with Gasteiger partial charge in [0.25, 0.3) is 0 Å². The van der Waals surface area contributed by atoms with E-state index in [1.54, 1.807) is 0 Å². The highest BCUT2D eigenvalue weighted by Gasteiger charge is 2.07. The average molecular weight is 264 g/mol. The van der Waals surface area contributed by atoms with Gasteiger partial charge >= 0.3 is 0 Å². The fourth-order valence-corrected chi connectivity index (χ4v) is 1.79. The van der Waals surface area contributed by atoms with Crippen molar-refractivity contribution >= 4 is 11.6 Å². The van der Waals surface area contributed by atoms with Crippen molar-refractivity contribution in [1.29, 1.82) is 0 Å². The Hall–Kier alpha value is -1.71. The van der Waals surface area contributed by atoms with Crippen LogP contribution in [0.3, 0.4) is 0 Å². The number of anilines is 1. The van der Waals surface area contributed by atoms with E-state index < -0.39 is 0 Å². The Balaban J connectivity index is 2.37. The average Bonchev–Trinajstić information content (AvgIpc) is 2.44. The van der Waals surface area contributed by atoms with Gasteiger partial charge in [-0.25, -0.2) is 0 Å². The standard InChI is InChI=1S/C15H24N2O2/c1-4-12(5-2)17-15(18)11-16-13-7-9-14(10-8-13)19-6-3/h7-10,12,16H,4-6,11H2,1-3H3,(H,17,18). The van der Waals surface area contributed by atoms with Crippen LogP contribution in [-0.2, 0) is 4.79 Å². The van der Waals surface area contributed by atoms with Crippen LogP contribution in [0.15, 0.2) is 24.3 Å². The molecule has 0 aliphatic heterocycles. The first-order chi connectivity index (χ1) is 9.19. The van der Waals surface area contributed by atoms with Crippen LogP contribution >= 0.6 is 0 Å². The fourth-order valence-electron chi connectivity index (χ4n) is 1.79. The van der Waals surface area contributed by atoms with E-state index in [2.05, 4.69) is 24.5 Å². The SMILES string of the molecule is CCOc1ccc(NCC(=O)NC(CC)CC)cc1. The molecule has 4 nitrogen and oxygen atoms in total. The maximum Gasteiger partial charge on any atom is 0.239 e. The van der Waals surface area contributed by atoms with Crippen molar-refractivity contribution < 1.29 is 9.53 Å². The van der Waals surface area contributed by atoms with Gasteiger partial charge in [0, 0.05) is 11.7 Å². The maximum atomic E-state index is 11.7. The van der Waals surface area contributed by atoms with Crippen LogP contribution < -0.4 is 15.4 Å².